The van der Waals surface area contributed by atoms with Crippen LogP contribution in [0.25, 0.3) is 0 Å². The highest BCUT2D eigenvalue weighted by molar-refractivity contribution is 5.81. The standard InChI is InChI=1S/C11H13F2N3O/c1-11(6-15-10(14)16-11)7-2-4-8(5-3-7)17-9(12)13/h2-5,9H,6H2,1H3,(H3,14,15,16). The number of hydrogen-bond donors (Lipinski definition) is 2. The number of ether oxygens (including phenoxy) is 1. The van der Waals surface area contributed by atoms with Crippen molar-refractivity contribution in [3.63, 3.8) is 0 Å². The van der Waals surface area contributed by atoms with Gasteiger partial charge in [-0.1, -0.05) is 12.1 Å². The number of halogens is 2. The van der Waals surface area contributed by atoms with Crippen molar-refractivity contribution >= 4 is 5.96 Å². The highest BCUT2D eigenvalue weighted by Crippen LogP contribution is 2.26. The molecule has 0 fully saturated rings. The van der Waals surface area contributed by atoms with Crippen LogP contribution in [0.5, 0.6) is 5.75 Å². The van der Waals surface area contributed by atoms with E-state index in [0.717, 1.165) is 5.56 Å². The molecule has 1 atom stereocenters. The van der Waals surface area contributed by atoms with Crippen LogP contribution < -0.4 is 15.8 Å². The number of nitrogens with one attached hydrogen (secondary N) is 1. The molecule has 1 aromatic rings. The molecule has 0 radical (unpaired) electrons. The number of nitrogens with two attached hydrogens (primary N) is 1. The quantitative estimate of drug-likeness (QED) is 0.841. The molecular weight excluding hydrogens is 228 g/mol. The molecule has 1 heterocycles. The van der Waals surface area contributed by atoms with E-state index in [-0.39, 0.29) is 11.3 Å². The third-order valence-electron chi connectivity index (χ3n) is 2.69. The third-order valence-corrected chi connectivity index (χ3v) is 2.69. The Morgan fingerprint density at radius 1 is 1.41 bits per heavy atom. The second kappa shape index (κ2) is 4.20. The Bertz CT molecular complexity index is 433. The molecule has 1 aromatic carbocycles. The van der Waals surface area contributed by atoms with Crippen LogP contribution >= 0.6 is 0 Å². The van der Waals surface area contributed by atoms with Gasteiger partial charge in [-0.25, -0.2) is 0 Å². The number of hydrogen-bond acceptors (Lipinski definition) is 4. The highest BCUT2D eigenvalue weighted by atomic mass is 19.3. The van der Waals surface area contributed by atoms with E-state index >= 15 is 0 Å². The maximum absolute atomic E-state index is 12.0. The van der Waals surface area contributed by atoms with Crippen LogP contribution in [0, 0.1) is 0 Å². The van der Waals surface area contributed by atoms with Crippen molar-refractivity contribution in [2.75, 3.05) is 6.54 Å². The van der Waals surface area contributed by atoms with Crippen molar-refractivity contribution in [2.45, 2.75) is 19.1 Å². The summed E-state index contributed by atoms with van der Waals surface area (Å²) in [5.74, 6) is 0.527. The van der Waals surface area contributed by atoms with Crippen molar-refractivity contribution in [1.82, 2.24) is 5.32 Å². The minimum Gasteiger partial charge on any atom is -0.435 e. The molecule has 0 spiro atoms. The second-order valence-corrected chi connectivity index (χ2v) is 4.06. The van der Waals surface area contributed by atoms with E-state index in [1.165, 1.54) is 12.1 Å². The van der Waals surface area contributed by atoms with Crippen molar-refractivity contribution < 1.29 is 13.5 Å². The van der Waals surface area contributed by atoms with Crippen LogP contribution in [0.2, 0.25) is 0 Å². The summed E-state index contributed by atoms with van der Waals surface area (Å²) in [5, 5.41) is 3.05. The van der Waals surface area contributed by atoms with Gasteiger partial charge in [-0.2, -0.15) is 8.78 Å². The fraction of sp³-hybridized carbons (Fsp3) is 0.364. The molecule has 0 aromatic heterocycles. The molecule has 0 aliphatic carbocycles. The normalized spacial score (nSPS) is 23.4. The summed E-state index contributed by atoms with van der Waals surface area (Å²) in [4.78, 5) is 4.07. The van der Waals surface area contributed by atoms with Crippen molar-refractivity contribution in [1.29, 1.82) is 0 Å². The van der Waals surface area contributed by atoms with Gasteiger partial charge in [0, 0.05) is 0 Å². The lowest BCUT2D eigenvalue weighted by Gasteiger charge is -2.24. The monoisotopic (exact) mass is 241 g/mol. The number of alkyl halides is 2. The zero-order chi connectivity index (χ0) is 12.5. The van der Waals surface area contributed by atoms with E-state index in [9.17, 15) is 8.78 Å². The average Bonchev–Trinajstić information content (AvgIpc) is 2.60. The van der Waals surface area contributed by atoms with Crippen molar-refractivity contribution in [2.24, 2.45) is 10.7 Å². The van der Waals surface area contributed by atoms with E-state index in [4.69, 9.17) is 5.73 Å². The minimum atomic E-state index is -2.81. The Kier molecular flexibility index (Phi) is 2.87. The molecule has 1 aliphatic heterocycles. The Hall–Kier alpha value is -1.85. The first-order valence-corrected chi connectivity index (χ1v) is 5.13. The lowest BCUT2D eigenvalue weighted by Crippen LogP contribution is -2.42. The first kappa shape index (κ1) is 11.6. The molecule has 0 saturated carbocycles. The molecule has 2 rings (SSSR count). The lowest BCUT2D eigenvalue weighted by atomic mass is 9.93. The smallest absolute Gasteiger partial charge is 0.387 e. The molecule has 92 valence electrons. The molecule has 1 aliphatic rings. The summed E-state index contributed by atoms with van der Waals surface area (Å²) >= 11 is 0. The molecular formula is C11H13F2N3O. The van der Waals surface area contributed by atoms with Gasteiger partial charge in [-0.15, -0.1) is 0 Å². The molecule has 0 bridgehead atoms. The first-order valence-electron chi connectivity index (χ1n) is 5.13. The van der Waals surface area contributed by atoms with Gasteiger partial charge < -0.3 is 15.8 Å². The molecule has 0 amide bonds. The summed E-state index contributed by atoms with van der Waals surface area (Å²) in [7, 11) is 0. The molecule has 1 unspecified atom stereocenters. The molecule has 3 N–H and O–H groups in total. The van der Waals surface area contributed by atoms with Crippen LogP contribution in [0.15, 0.2) is 29.3 Å². The number of rotatable bonds is 3. The van der Waals surface area contributed by atoms with Gasteiger partial charge >= 0.3 is 6.61 Å². The van der Waals surface area contributed by atoms with Gasteiger partial charge in [-0.3, -0.25) is 4.99 Å². The van der Waals surface area contributed by atoms with E-state index < -0.39 is 6.61 Å². The first-order chi connectivity index (χ1) is 7.99. The van der Waals surface area contributed by atoms with E-state index in [1.54, 1.807) is 12.1 Å². The zero-order valence-corrected chi connectivity index (χ0v) is 9.28. The van der Waals surface area contributed by atoms with Gasteiger partial charge in [0.25, 0.3) is 0 Å². The predicted molar refractivity (Wildman–Crippen MR) is 60.1 cm³/mol. The maximum Gasteiger partial charge on any atom is 0.387 e. The third kappa shape index (κ3) is 2.46. The van der Waals surface area contributed by atoms with Gasteiger partial charge in [0.15, 0.2) is 5.96 Å². The molecule has 6 heteroatoms. The summed E-state index contributed by atoms with van der Waals surface area (Å²) in [6.07, 6.45) is 0. The summed E-state index contributed by atoms with van der Waals surface area (Å²) < 4.78 is 28.2. The summed E-state index contributed by atoms with van der Waals surface area (Å²) in [6, 6.07) is 6.45. The molecule has 0 saturated heterocycles. The van der Waals surface area contributed by atoms with Crippen LogP contribution in [0.1, 0.15) is 12.5 Å². The van der Waals surface area contributed by atoms with Gasteiger partial charge in [0.1, 0.15) is 5.75 Å². The number of aliphatic imine (C=N–C) groups is 1. The largest absolute Gasteiger partial charge is 0.435 e. The fourth-order valence-electron chi connectivity index (χ4n) is 1.77. The SMILES string of the molecule is CC1(c2ccc(OC(F)F)cc2)CN=C(N)N1. The molecule has 17 heavy (non-hydrogen) atoms. The number of guanidine groups is 1. The lowest BCUT2D eigenvalue weighted by molar-refractivity contribution is -0.0498. The van der Waals surface area contributed by atoms with E-state index in [0.29, 0.717) is 12.5 Å². The Labute approximate surface area is 97.5 Å². The fourth-order valence-corrected chi connectivity index (χ4v) is 1.77. The van der Waals surface area contributed by atoms with Crippen LogP contribution in [0.4, 0.5) is 8.78 Å². The summed E-state index contributed by atoms with van der Waals surface area (Å²) in [5.41, 5.74) is 6.10. The van der Waals surface area contributed by atoms with E-state index in [2.05, 4.69) is 15.0 Å². The predicted octanol–water partition coefficient (Wildman–Crippen LogP) is 1.42. The Morgan fingerprint density at radius 3 is 2.53 bits per heavy atom. The van der Waals surface area contributed by atoms with Gasteiger partial charge in [-0.05, 0) is 24.6 Å². The van der Waals surface area contributed by atoms with Crippen LogP contribution in [-0.4, -0.2) is 19.1 Å². The number of benzene rings is 1. The zero-order valence-electron chi connectivity index (χ0n) is 9.28. The van der Waals surface area contributed by atoms with Crippen LogP contribution in [-0.2, 0) is 5.54 Å². The highest BCUT2D eigenvalue weighted by Gasteiger charge is 2.31. The summed E-state index contributed by atoms with van der Waals surface area (Å²) in [6.45, 7) is -0.340. The van der Waals surface area contributed by atoms with Crippen molar-refractivity contribution in [3.05, 3.63) is 29.8 Å². The van der Waals surface area contributed by atoms with Gasteiger partial charge in [0.2, 0.25) is 0 Å². The molecule has 4 nitrogen and oxygen atoms in total. The second-order valence-electron chi connectivity index (χ2n) is 4.06. The topological polar surface area (TPSA) is 59.6 Å². The van der Waals surface area contributed by atoms with Crippen molar-refractivity contribution in [3.8, 4) is 5.75 Å². The van der Waals surface area contributed by atoms with Crippen LogP contribution in [0.3, 0.4) is 0 Å². The maximum atomic E-state index is 12.0. The number of nitrogens with zero attached hydrogens (tertiary/aromatic N) is 1. The Balaban J connectivity index is 2.13. The minimum absolute atomic E-state index is 0.138. The Morgan fingerprint density at radius 2 is 2.06 bits per heavy atom. The average molecular weight is 241 g/mol. The van der Waals surface area contributed by atoms with Gasteiger partial charge in [0.05, 0.1) is 12.1 Å². The van der Waals surface area contributed by atoms with E-state index in [1.807, 2.05) is 6.92 Å².